The van der Waals surface area contributed by atoms with Crippen LogP contribution in [0.2, 0.25) is 0 Å². The summed E-state index contributed by atoms with van der Waals surface area (Å²) in [5.41, 5.74) is 1.29. The van der Waals surface area contributed by atoms with Crippen molar-refractivity contribution in [1.29, 1.82) is 0 Å². The molecule has 1 saturated heterocycles. The average Bonchev–Trinajstić information content (AvgIpc) is 2.57. The van der Waals surface area contributed by atoms with Gasteiger partial charge in [0, 0.05) is 12.8 Å². The van der Waals surface area contributed by atoms with Gasteiger partial charge in [0.1, 0.15) is 0 Å². The van der Waals surface area contributed by atoms with Gasteiger partial charge in [-0.25, -0.2) is 0 Å². The van der Waals surface area contributed by atoms with Crippen molar-refractivity contribution in [3.05, 3.63) is 35.9 Å². The molecule has 1 aromatic carbocycles. The van der Waals surface area contributed by atoms with E-state index in [1.165, 1.54) is 5.56 Å². The fourth-order valence-electron chi connectivity index (χ4n) is 2.38. The van der Waals surface area contributed by atoms with Gasteiger partial charge >= 0.3 is 0 Å². The van der Waals surface area contributed by atoms with Gasteiger partial charge in [0.25, 0.3) is 0 Å². The van der Waals surface area contributed by atoms with Gasteiger partial charge in [-0.1, -0.05) is 43.7 Å². The molecular formula is C15H22O2. The highest BCUT2D eigenvalue weighted by atomic mass is 16.7. The molecule has 0 amide bonds. The highest BCUT2D eigenvalue weighted by Crippen LogP contribution is 2.28. The van der Waals surface area contributed by atoms with E-state index in [2.05, 4.69) is 31.2 Å². The van der Waals surface area contributed by atoms with Gasteiger partial charge in [0.2, 0.25) is 0 Å². The van der Waals surface area contributed by atoms with Crippen LogP contribution in [0.4, 0.5) is 0 Å². The Labute approximate surface area is 104 Å². The molecule has 0 aromatic heterocycles. The van der Waals surface area contributed by atoms with Crippen molar-refractivity contribution in [2.45, 2.75) is 44.8 Å². The van der Waals surface area contributed by atoms with Crippen molar-refractivity contribution in [3.8, 4) is 0 Å². The predicted molar refractivity (Wildman–Crippen MR) is 68.9 cm³/mol. The van der Waals surface area contributed by atoms with E-state index in [0.717, 1.165) is 45.3 Å². The van der Waals surface area contributed by atoms with E-state index in [4.69, 9.17) is 9.47 Å². The topological polar surface area (TPSA) is 18.5 Å². The SMILES string of the molecule is CCCC1(Cc2ccccc2)OCCCCO1. The van der Waals surface area contributed by atoms with Crippen molar-refractivity contribution < 1.29 is 9.47 Å². The van der Waals surface area contributed by atoms with E-state index < -0.39 is 0 Å². The molecule has 0 radical (unpaired) electrons. The molecule has 1 fully saturated rings. The predicted octanol–water partition coefficient (Wildman–Crippen LogP) is 3.55. The fraction of sp³-hybridized carbons (Fsp3) is 0.600. The first kappa shape index (κ1) is 12.6. The largest absolute Gasteiger partial charge is 0.350 e. The van der Waals surface area contributed by atoms with Gasteiger partial charge in [-0.05, 0) is 18.4 Å². The summed E-state index contributed by atoms with van der Waals surface area (Å²) in [7, 11) is 0. The third kappa shape index (κ3) is 3.55. The van der Waals surface area contributed by atoms with Crippen molar-refractivity contribution in [1.82, 2.24) is 0 Å². The van der Waals surface area contributed by atoms with E-state index >= 15 is 0 Å². The minimum absolute atomic E-state index is 0.382. The van der Waals surface area contributed by atoms with Crippen LogP contribution in [-0.2, 0) is 15.9 Å². The monoisotopic (exact) mass is 234 g/mol. The zero-order valence-corrected chi connectivity index (χ0v) is 10.7. The Hall–Kier alpha value is -0.860. The second-order valence-corrected chi connectivity index (χ2v) is 4.73. The molecule has 0 unspecified atom stereocenters. The summed E-state index contributed by atoms with van der Waals surface area (Å²) < 4.78 is 12.0. The number of ether oxygens (including phenoxy) is 2. The molecule has 0 aliphatic carbocycles. The standard InChI is InChI=1S/C15H22O2/c1-2-10-15(16-11-6-7-12-17-15)13-14-8-4-3-5-9-14/h3-5,8-9H,2,6-7,10-13H2,1H3. The summed E-state index contributed by atoms with van der Waals surface area (Å²) in [6.45, 7) is 3.84. The molecule has 0 spiro atoms. The van der Waals surface area contributed by atoms with E-state index in [1.807, 2.05) is 6.07 Å². The van der Waals surface area contributed by atoms with Crippen LogP contribution in [0.5, 0.6) is 0 Å². The van der Waals surface area contributed by atoms with Gasteiger partial charge < -0.3 is 9.47 Å². The smallest absolute Gasteiger partial charge is 0.172 e. The average molecular weight is 234 g/mol. The first-order valence-electron chi connectivity index (χ1n) is 6.66. The molecule has 0 atom stereocenters. The van der Waals surface area contributed by atoms with E-state index in [-0.39, 0.29) is 5.79 Å². The molecule has 17 heavy (non-hydrogen) atoms. The molecule has 1 aliphatic rings. The fourth-order valence-corrected chi connectivity index (χ4v) is 2.38. The summed E-state index contributed by atoms with van der Waals surface area (Å²) in [4.78, 5) is 0. The number of hydrogen-bond acceptors (Lipinski definition) is 2. The maximum absolute atomic E-state index is 6.01. The third-order valence-electron chi connectivity index (χ3n) is 3.22. The number of benzene rings is 1. The Kier molecular flexibility index (Phi) is 4.57. The quantitative estimate of drug-likeness (QED) is 0.793. The maximum Gasteiger partial charge on any atom is 0.172 e. The lowest BCUT2D eigenvalue weighted by atomic mass is 10.0. The van der Waals surface area contributed by atoms with Crippen molar-refractivity contribution in [2.75, 3.05) is 13.2 Å². The summed E-state index contributed by atoms with van der Waals surface area (Å²) in [6, 6.07) is 10.5. The number of hydrogen-bond donors (Lipinski definition) is 0. The maximum atomic E-state index is 6.01. The Balaban J connectivity index is 2.09. The van der Waals surface area contributed by atoms with Crippen LogP contribution >= 0.6 is 0 Å². The van der Waals surface area contributed by atoms with E-state index in [0.29, 0.717) is 0 Å². The zero-order valence-electron chi connectivity index (χ0n) is 10.7. The summed E-state index contributed by atoms with van der Waals surface area (Å²) in [5, 5.41) is 0. The molecule has 1 aliphatic heterocycles. The molecule has 1 heterocycles. The second kappa shape index (κ2) is 6.18. The first-order chi connectivity index (χ1) is 8.35. The highest BCUT2D eigenvalue weighted by Gasteiger charge is 2.32. The molecule has 1 aromatic rings. The van der Waals surface area contributed by atoms with Gasteiger partial charge in [-0.2, -0.15) is 0 Å². The van der Waals surface area contributed by atoms with Crippen LogP contribution in [0.15, 0.2) is 30.3 Å². The third-order valence-corrected chi connectivity index (χ3v) is 3.22. The molecule has 2 heteroatoms. The molecular weight excluding hydrogens is 212 g/mol. The molecule has 94 valence electrons. The second-order valence-electron chi connectivity index (χ2n) is 4.73. The Morgan fingerprint density at radius 3 is 2.29 bits per heavy atom. The van der Waals surface area contributed by atoms with Crippen LogP contribution in [0, 0.1) is 0 Å². The van der Waals surface area contributed by atoms with Gasteiger partial charge in [0.05, 0.1) is 13.2 Å². The van der Waals surface area contributed by atoms with Crippen molar-refractivity contribution in [2.24, 2.45) is 0 Å². The lowest BCUT2D eigenvalue weighted by Crippen LogP contribution is -2.37. The Morgan fingerprint density at radius 1 is 1.06 bits per heavy atom. The van der Waals surface area contributed by atoms with Gasteiger partial charge in [0.15, 0.2) is 5.79 Å². The minimum Gasteiger partial charge on any atom is -0.350 e. The molecule has 0 saturated carbocycles. The molecule has 0 N–H and O–H groups in total. The first-order valence-corrected chi connectivity index (χ1v) is 6.66. The molecule has 2 nitrogen and oxygen atoms in total. The van der Waals surface area contributed by atoms with Crippen molar-refractivity contribution >= 4 is 0 Å². The van der Waals surface area contributed by atoms with E-state index in [9.17, 15) is 0 Å². The summed E-state index contributed by atoms with van der Waals surface area (Å²) >= 11 is 0. The Morgan fingerprint density at radius 2 is 1.71 bits per heavy atom. The van der Waals surface area contributed by atoms with Crippen LogP contribution in [0.3, 0.4) is 0 Å². The normalized spacial score (nSPS) is 19.8. The summed E-state index contributed by atoms with van der Waals surface area (Å²) in [5.74, 6) is -0.382. The van der Waals surface area contributed by atoms with Gasteiger partial charge in [-0.15, -0.1) is 0 Å². The van der Waals surface area contributed by atoms with Crippen LogP contribution in [-0.4, -0.2) is 19.0 Å². The lowest BCUT2D eigenvalue weighted by molar-refractivity contribution is -0.228. The molecule has 2 rings (SSSR count). The minimum atomic E-state index is -0.382. The zero-order chi connectivity index (χ0) is 12.0. The molecule has 0 bridgehead atoms. The van der Waals surface area contributed by atoms with Crippen LogP contribution in [0.25, 0.3) is 0 Å². The van der Waals surface area contributed by atoms with Crippen molar-refractivity contribution in [3.63, 3.8) is 0 Å². The van der Waals surface area contributed by atoms with E-state index in [1.54, 1.807) is 0 Å². The Bertz CT molecular complexity index is 313. The number of rotatable bonds is 4. The summed E-state index contributed by atoms with van der Waals surface area (Å²) in [6.07, 6.45) is 5.15. The van der Waals surface area contributed by atoms with Crippen LogP contribution < -0.4 is 0 Å². The van der Waals surface area contributed by atoms with Crippen LogP contribution in [0.1, 0.15) is 38.2 Å². The lowest BCUT2D eigenvalue weighted by Gasteiger charge is -2.32. The van der Waals surface area contributed by atoms with Gasteiger partial charge in [-0.3, -0.25) is 0 Å². The highest BCUT2D eigenvalue weighted by molar-refractivity contribution is 5.16.